The van der Waals surface area contributed by atoms with Gasteiger partial charge in [0, 0.05) is 29.8 Å². The molecule has 5 heteroatoms. The molecule has 92 valence electrons. The van der Waals surface area contributed by atoms with Gasteiger partial charge in [0.2, 0.25) is 5.91 Å². The fourth-order valence-corrected chi connectivity index (χ4v) is 2.29. The van der Waals surface area contributed by atoms with Crippen LogP contribution in [-0.4, -0.2) is 31.1 Å². The monoisotopic (exact) mass is 253 g/mol. The van der Waals surface area contributed by atoms with Gasteiger partial charge in [0.05, 0.1) is 0 Å². The van der Waals surface area contributed by atoms with Crippen LogP contribution < -0.4 is 16.0 Å². The number of piperazine rings is 1. The Kier molecular flexibility index (Phi) is 3.54. The molecule has 2 rings (SSSR count). The Labute approximate surface area is 106 Å². The quantitative estimate of drug-likeness (QED) is 0.827. The van der Waals surface area contributed by atoms with Crippen molar-refractivity contribution in [3.05, 3.63) is 29.3 Å². The zero-order valence-electron chi connectivity index (χ0n) is 9.69. The molecule has 1 aliphatic rings. The van der Waals surface area contributed by atoms with Crippen molar-refractivity contribution in [1.82, 2.24) is 5.32 Å². The number of hydrogen-bond donors (Lipinski definition) is 2. The molecule has 1 aliphatic heterocycles. The second-order valence-corrected chi connectivity index (χ2v) is 4.67. The predicted molar refractivity (Wildman–Crippen MR) is 69.2 cm³/mol. The molecule has 17 heavy (non-hydrogen) atoms. The molecule has 1 amide bonds. The molecule has 1 heterocycles. The van der Waals surface area contributed by atoms with Crippen LogP contribution >= 0.6 is 11.6 Å². The molecule has 0 spiro atoms. The molecule has 1 aromatic carbocycles. The molecular weight excluding hydrogens is 238 g/mol. The highest BCUT2D eigenvalue weighted by molar-refractivity contribution is 6.30. The van der Waals surface area contributed by atoms with Gasteiger partial charge in [-0.3, -0.25) is 4.79 Å². The highest BCUT2D eigenvalue weighted by atomic mass is 35.5. The minimum Gasteiger partial charge on any atom is -0.354 e. The van der Waals surface area contributed by atoms with Crippen LogP contribution in [0.15, 0.2) is 24.3 Å². The van der Waals surface area contributed by atoms with Crippen LogP contribution in [0.5, 0.6) is 0 Å². The maximum Gasteiger partial charge on any atom is 0.244 e. The first-order valence-electron chi connectivity index (χ1n) is 5.65. The summed E-state index contributed by atoms with van der Waals surface area (Å²) in [4.78, 5) is 13.8. The number of amides is 1. The number of nitrogens with two attached hydrogens (primary N) is 1. The summed E-state index contributed by atoms with van der Waals surface area (Å²) in [5.74, 6) is -0.0134. The third-order valence-corrected chi connectivity index (χ3v) is 3.29. The van der Waals surface area contributed by atoms with Gasteiger partial charge < -0.3 is 16.0 Å². The van der Waals surface area contributed by atoms with E-state index in [0.29, 0.717) is 18.1 Å². The van der Waals surface area contributed by atoms with Gasteiger partial charge in [-0.25, -0.2) is 0 Å². The summed E-state index contributed by atoms with van der Waals surface area (Å²) in [7, 11) is 0. The van der Waals surface area contributed by atoms with E-state index in [-0.39, 0.29) is 18.0 Å². The maximum absolute atomic E-state index is 11.8. The summed E-state index contributed by atoms with van der Waals surface area (Å²) in [5, 5.41) is 3.54. The molecule has 2 atom stereocenters. The van der Waals surface area contributed by atoms with Gasteiger partial charge in [-0.15, -0.1) is 0 Å². The predicted octanol–water partition coefficient (Wildman–Crippen LogP) is 0.992. The Balaban J connectivity index is 2.32. The van der Waals surface area contributed by atoms with E-state index in [4.69, 9.17) is 17.3 Å². The number of anilines is 1. The van der Waals surface area contributed by atoms with E-state index in [1.165, 1.54) is 0 Å². The average Bonchev–Trinajstić information content (AvgIpc) is 2.33. The number of benzene rings is 1. The van der Waals surface area contributed by atoms with Gasteiger partial charge in [-0.05, 0) is 31.2 Å². The van der Waals surface area contributed by atoms with E-state index in [1.54, 1.807) is 0 Å². The van der Waals surface area contributed by atoms with Gasteiger partial charge in [0.25, 0.3) is 0 Å². The summed E-state index contributed by atoms with van der Waals surface area (Å²) in [6.07, 6.45) is 0. The number of hydrogen-bond acceptors (Lipinski definition) is 3. The Morgan fingerprint density at radius 3 is 2.71 bits per heavy atom. The molecule has 0 radical (unpaired) electrons. The smallest absolute Gasteiger partial charge is 0.244 e. The molecule has 1 fully saturated rings. The number of nitrogens with zero attached hydrogens (tertiary/aromatic N) is 1. The number of carbonyl (C=O) groups excluding carboxylic acids is 1. The first-order valence-corrected chi connectivity index (χ1v) is 6.03. The standard InChI is InChI=1S/C12H16ClN3O/c1-8-7-15-12(17)11(6-14)16(8)10-4-2-9(13)3-5-10/h2-5,8,11H,6-7,14H2,1H3,(H,15,17). The van der Waals surface area contributed by atoms with E-state index >= 15 is 0 Å². The number of rotatable bonds is 2. The van der Waals surface area contributed by atoms with Crippen molar-refractivity contribution in [1.29, 1.82) is 0 Å². The molecule has 0 saturated carbocycles. The second-order valence-electron chi connectivity index (χ2n) is 4.23. The lowest BCUT2D eigenvalue weighted by molar-refractivity contribution is -0.123. The van der Waals surface area contributed by atoms with Gasteiger partial charge in [0.1, 0.15) is 6.04 Å². The SMILES string of the molecule is CC1CNC(=O)C(CN)N1c1ccc(Cl)cc1. The van der Waals surface area contributed by atoms with Crippen molar-refractivity contribution in [3.63, 3.8) is 0 Å². The van der Waals surface area contributed by atoms with Gasteiger partial charge >= 0.3 is 0 Å². The Hall–Kier alpha value is -1.26. The van der Waals surface area contributed by atoms with Crippen molar-refractivity contribution in [2.24, 2.45) is 5.73 Å². The van der Waals surface area contributed by atoms with Gasteiger partial charge in [-0.2, -0.15) is 0 Å². The van der Waals surface area contributed by atoms with E-state index < -0.39 is 0 Å². The fraction of sp³-hybridized carbons (Fsp3) is 0.417. The lowest BCUT2D eigenvalue weighted by Gasteiger charge is -2.41. The molecule has 2 unspecified atom stereocenters. The summed E-state index contributed by atoms with van der Waals surface area (Å²) in [6, 6.07) is 7.40. The van der Waals surface area contributed by atoms with Crippen LogP contribution in [0.25, 0.3) is 0 Å². The summed E-state index contributed by atoms with van der Waals surface area (Å²) < 4.78 is 0. The molecule has 1 saturated heterocycles. The zero-order chi connectivity index (χ0) is 12.4. The topological polar surface area (TPSA) is 58.4 Å². The summed E-state index contributed by atoms with van der Waals surface area (Å²) >= 11 is 5.86. The molecular formula is C12H16ClN3O. The van der Waals surface area contributed by atoms with Crippen LogP contribution in [0.3, 0.4) is 0 Å². The van der Waals surface area contributed by atoms with Crippen LogP contribution in [0.1, 0.15) is 6.92 Å². The fourth-order valence-electron chi connectivity index (χ4n) is 2.17. The van der Waals surface area contributed by atoms with Gasteiger partial charge in [0.15, 0.2) is 0 Å². The van der Waals surface area contributed by atoms with Crippen molar-refractivity contribution in [3.8, 4) is 0 Å². The zero-order valence-corrected chi connectivity index (χ0v) is 10.4. The minimum atomic E-state index is -0.306. The molecule has 0 bridgehead atoms. The molecule has 0 aliphatic carbocycles. The van der Waals surface area contributed by atoms with Crippen molar-refractivity contribution >= 4 is 23.2 Å². The normalized spacial score (nSPS) is 24.6. The van der Waals surface area contributed by atoms with E-state index in [9.17, 15) is 4.79 Å². The average molecular weight is 254 g/mol. The minimum absolute atomic E-state index is 0.0134. The van der Waals surface area contributed by atoms with Crippen LogP contribution in [0, 0.1) is 0 Å². The Morgan fingerprint density at radius 2 is 2.12 bits per heavy atom. The number of carbonyl (C=O) groups is 1. The molecule has 4 nitrogen and oxygen atoms in total. The highest BCUT2D eigenvalue weighted by Gasteiger charge is 2.32. The number of nitrogens with one attached hydrogen (secondary N) is 1. The van der Waals surface area contributed by atoms with Crippen LogP contribution in [0.2, 0.25) is 5.02 Å². The first-order chi connectivity index (χ1) is 8.13. The largest absolute Gasteiger partial charge is 0.354 e. The van der Waals surface area contributed by atoms with Gasteiger partial charge in [-0.1, -0.05) is 11.6 Å². The molecule has 0 aromatic heterocycles. The lowest BCUT2D eigenvalue weighted by Crippen LogP contribution is -2.62. The summed E-state index contributed by atoms with van der Waals surface area (Å²) in [6.45, 7) is 3.01. The van der Waals surface area contributed by atoms with Crippen LogP contribution in [-0.2, 0) is 4.79 Å². The second kappa shape index (κ2) is 4.94. The third kappa shape index (κ3) is 2.37. The Bertz CT molecular complexity index is 407. The van der Waals surface area contributed by atoms with E-state index in [0.717, 1.165) is 5.69 Å². The third-order valence-electron chi connectivity index (χ3n) is 3.03. The van der Waals surface area contributed by atoms with Crippen molar-refractivity contribution in [2.45, 2.75) is 19.0 Å². The highest BCUT2D eigenvalue weighted by Crippen LogP contribution is 2.23. The first kappa shape index (κ1) is 12.2. The molecule has 1 aromatic rings. The van der Waals surface area contributed by atoms with E-state index in [1.807, 2.05) is 24.3 Å². The molecule has 3 N–H and O–H groups in total. The number of halogens is 1. The lowest BCUT2D eigenvalue weighted by atomic mass is 10.1. The van der Waals surface area contributed by atoms with Crippen LogP contribution in [0.4, 0.5) is 5.69 Å². The van der Waals surface area contributed by atoms with Crippen molar-refractivity contribution < 1.29 is 4.79 Å². The maximum atomic E-state index is 11.8. The van der Waals surface area contributed by atoms with Crippen molar-refractivity contribution in [2.75, 3.05) is 18.0 Å². The van der Waals surface area contributed by atoms with E-state index in [2.05, 4.69) is 17.1 Å². The summed E-state index contributed by atoms with van der Waals surface area (Å²) in [5.41, 5.74) is 6.66. The Morgan fingerprint density at radius 1 is 1.47 bits per heavy atom.